The van der Waals surface area contributed by atoms with E-state index in [-0.39, 0.29) is 0 Å². The van der Waals surface area contributed by atoms with E-state index in [9.17, 15) is 0 Å². The molecule has 1 aliphatic carbocycles. The highest BCUT2D eigenvalue weighted by Gasteiger charge is 2.26. The maximum Gasteiger partial charge on any atom is 0.127 e. The Morgan fingerprint density at radius 3 is 3.04 bits per heavy atom. The molecule has 1 aliphatic rings. The number of pyridine rings is 1. The molecule has 0 radical (unpaired) electrons. The highest BCUT2D eigenvalue weighted by Crippen LogP contribution is 2.30. The SMILES string of the molecule is COc1ccc2nc(N[C@H]3CCC[C@@H]3CN=[N+]=[N-])cc(C)c2c1. The molecule has 1 heterocycles. The van der Waals surface area contributed by atoms with Crippen LogP contribution < -0.4 is 10.1 Å². The first-order valence-electron chi connectivity index (χ1n) is 7.94. The molecule has 0 aliphatic heterocycles. The first kappa shape index (κ1) is 15.4. The van der Waals surface area contributed by atoms with Gasteiger partial charge in [0.2, 0.25) is 0 Å². The molecule has 0 bridgehead atoms. The fraction of sp³-hybridized carbons (Fsp3) is 0.471. The second-order valence-electron chi connectivity index (χ2n) is 6.06. The molecule has 1 aromatic heterocycles. The van der Waals surface area contributed by atoms with Gasteiger partial charge in [0.25, 0.3) is 0 Å². The molecule has 1 fully saturated rings. The Morgan fingerprint density at radius 2 is 2.26 bits per heavy atom. The van der Waals surface area contributed by atoms with E-state index in [0.29, 0.717) is 18.5 Å². The van der Waals surface area contributed by atoms with Crippen molar-refractivity contribution in [3.8, 4) is 5.75 Å². The van der Waals surface area contributed by atoms with Gasteiger partial charge in [-0.05, 0) is 61.0 Å². The van der Waals surface area contributed by atoms with Gasteiger partial charge in [-0.1, -0.05) is 11.5 Å². The second kappa shape index (κ2) is 6.75. The second-order valence-corrected chi connectivity index (χ2v) is 6.06. The lowest BCUT2D eigenvalue weighted by Gasteiger charge is -2.20. The fourth-order valence-corrected chi connectivity index (χ4v) is 3.35. The van der Waals surface area contributed by atoms with Crippen molar-refractivity contribution < 1.29 is 4.74 Å². The van der Waals surface area contributed by atoms with Crippen molar-refractivity contribution in [2.24, 2.45) is 11.0 Å². The lowest BCUT2D eigenvalue weighted by atomic mass is 10.0. The highest BCUT2D eigenvalue weighted by molar-refractivity contribution is 5.85. The van der Waals surface area contributed by atoms with Crippen molar-refractivity contribution in [2.75, 3.05) is 19.0 Å². The quantitative estimate of drug-likeness (QED) is 0.503. The number of nitrogens with one attached hydrogen (secondary N) is 1. The third-order valence-corrected chi connectivity index (χ3v) is 4.59. The third kappa shape index (κ3) is 3.32. The van der Waals surface area contributed by atoms with Crippen LogP contribution in [0.2, 0.25) is 0 Å². The Hall–Kier alpha value is -2.46. The topological polar surface area (TPSA) is 82.9 Å². The van der Waals surface area contributed by atoms with Crippen molar-refractivity contribution in [1.82, 2.24) is 4.98 Å². The number of hydrogen-bond acceptors (Lipinski definition) is 4. The van der Waals surface area contributed by atoms with E-state index >= 15 is 0 Å². The molecule has 0 amide bonds. The lowest BCUT2D eigenvalue weighted by Crippen LogP contribution is -2.26. The van der Waals surface area contributed by atoms with E-state index in [4.69, 9.17) is 15.3 Å². The maximum absolute atomic E-state index is 8.52. The normalized spacial score (nSPS) is 20.3. The summed E-state index contributed by atoms with van der Waals surface area (Å²) in [5.41, 5.74) is 10.6. The highest BCUT2D eigenvalue weighted by atomic mass is 16.5. The first-order valence-corrected chi connectivity index (χ1v) is 7.94. The summed E-state index contributed by atoms with van der Waals surface area (Å²) in [4.78, 5) is 7.60. The van der Waals surface area contributed by atoms with Crippen molar-refractivity contribution >= 4 is 16.7 Å². The minimum absolute atomic E-state index is 0.322. The van der Waals surface area contributed by atoms with Crippen LogP contribution in [0.3, 0.4) is 0 Å². The van der Waals surface area contributed by atoms with Crippen LogP contribution in [0.1, 0.15) is 24.8 Å². The summed E-state index contributed by atoms with van der Waals surface area (Å²) in [6.45, 7) is 2.64. The first-order chi connectivity index (χ1) is 11.2. The van der Waals surface area contributed by atoms with Gasteiger partial charge in [0.05, 0.1) is 12.6 Å². The van der Waals surface area contributed by atoms with Crippen LogP contribution in [-0.4, -0.2) is 24.7 Å². The molecule has 1 N–H and O–H groups in total. The number of azide groups is 1. The summed E-state index contributed by atoms with van der Waals surface area (Å²) in [7, 11) is 1.67. The largest absolute Gasteiger partial charge is 0.497 e. The number of fused-ring (bicyclic) bond motifs is 1. The lowest BCUT2D eigenvalue weighted by molar-refractivity contribution is 0.415. The van der Waals surface area contributed by atoms with E-state index in [2.05, 4.69) is 28.3 Å². The molecule has 1 saturated carbocycles. The van der Waals surface area contributed by atoms with Crippen molar-refractivity contribution in [2.45, 2.75) is 32.2 Å². The zero-order valence-corrected chi connectivity index (χ0v) is 13.5. The van der Waals surface area contributed by atoms with E-state index in [1.165, 1.54) is 5.56 Å². The van der Waals surface area contributed by atoms with Gasteiger partial charge in [0.15, 0.2) is 0 Å². The molecule has 6 heteroatoms. The molecular weight excluding hydrogens is 290 g/mol. The minimum atomic E-state index is 0.322. The van der Waals surface area contributed by atoms with Crippen LogP contribution in [0.4, 0.5) is 5.82 Å². The van der Waals surface area contributed by atoms with E-state index < -0.39 is 0 Å². The molecule has 0 spiro atoms. The molecule has 2 aromatic rings. The van der Waals surface area contributed by atoms with Gasteiger partial charge in [-0.2, -0.15) is 0 Å². The van der Waals surface area contributed by atoms with Crippen LogP contribution in [0, 0.1) is 12.8 Å². The molecule has 2 atom stereocenters. The number of aryl methyl sites for hydroxylation is 1. The summed E-state index contributed by atoms with van der Waals surface area (Å²) in [5.74, 6) is 2.12. The zero-order valence-electron chi connectivity index (χ0n) is 13.5. The molecule has 23 heavy (non-hydrogen) atoms. The van der Waals surface area contributed by atoms with Crippen molar-refractivity contribution in [3.63, 3.8) is 0 Å². The number of hydrogen-bond donors (Lipinski definition) is 1. The predicted octanol–water partition coefficient (Wildman–Crippen LogP) is 4.44. The fourth-order valence-electron chi connectivity index (χ4n) is 3.35. The third-order valence-electron chi connectivity index (χ3n) is 4.59. The van der Waals surface area contributed by atoms with Gasteiger partial charge >= 0.3 is 0 Å². The number of rotatable bonds is 5. The number of ether oxygens (including phenoxy) is 1. The Labute approximate surface area is 135 Å². The van der Waals surface area contributed by atoms with Crippen LogP contribution in [0.15, 0.2) is 29.4 Å². The van der Waals surface area contributed by atoms with E-state index in [0.717, 1.165) is 41.7 Å². The summed E-state index contributed by atoms with van der Waals surface area (Å²) in [6, 6.07) is 8.33. The van der Waals surface area contributed by atoms with Crippen LogP contribution in [-0.2, 0) is 0 Å². The zero-order chi connectivity index (χ0) is 16.2. The van der Waals surface area contributed by atoms with Gasteiger partial charge in [-0.25, -0.2) is 4.98 Å². The number of anilines is 1. The van der Waals surface area contributed by atoms with Crippen LogP contribution >= 0.6 is 0 Å². The smallest absolute Gasteiger partial charge is 0.127 e. The number of methoxy groups -OCH3 is 1. The standard InChI is InChI=1S/C17H21N5O/c1-11-8-17(20-15-5-3-4-12(15)10-19-22-18)21-16-7-6-13(23-2)9-14(11)16/h6-9,12,15H,3-5,10H2,1-2H3,(H,20,21)/t12-,15+/m1/s1. The van der Waals surface area contributed by atoms with Crippen molar-refractivity contribution in [3.05, 3.63) is 40.3 Å². The predicted molar refractivity (Wildman–Crippen MR) is 91.8 cm³/mol. The Balaban J connectivity index is 1.84. The average molecular weight is 311 g/mol. The summed E-state index contributed by atoms with van der Waals surface area (Å²) in [5, 5.41) is 8.38. The van der Waals surface area contributed by atoms with Crippen molar-refractivity contribution in [1.29, 1.82) is 0 Å². The van der Waals surface area contributed by atoms with E-state index in [1.54, 1.807) is 7.11 Å². The number of benzene rings is 1. The molecule has 1 aromatic carbocycles. The maximum atomic E-state index is 8.52. The Bertz CT molecular complexity index is 754. The molecular formula is C17H21N5O. The number of aromatic nitrogens is 1. The molecule has 0 unspecified atom stereocenters. The molecule has 0 saturated heterocycles. The van der Waals surface area contributed by atoms with Gasteiger partial charge < -0.3 is 10.1 Å². The molecule has 6 nitrogen and oxygen atoms in total. The summed E-state index contributed by atoms with van der Waals surface area (Å²) in [6.07, 6.45) is 3.35. The molecule has 120 valence electrons. The summed E-state index contributed by atoms with van der Waals surface area (Å²) >= 11 is 0. The Kier molecular flexibility index (Phi) is 4.53. The van der Waals surface area contributed by atoms with Gasteiger partial charge in [-0.15, -0.1) is 0 Å². The van der Waals surface area contributed by atoms with Gasteiger partial charge in [0, 0.05) is 22.9 Å². The summed E-state index contributed by atoms with van der Waals surface area (Å²) < 4.78 is 5.28. The van der Waals surface area contributed by atoms with Gasteiger partial charge in [0.1, 0.15) is 11.6 Å². The van der Waals surface area contributed by atoms with Crippen LogP contribution in [0.25, 0.3) is 21.3 Å². The van der Waals surface area contributed by atoms with Crippen LogP contribution in [0.5, 0.6) is 5.75 Å². The Morgan fingerprint density at radius 1 is 1.39 bits per heavy atom. The molecule has 3 rings (SSSR count). The number of nitrogens with zero attached hydrogens (tertiary/aromatic N) is 4. The average Bonchev–Trinajstić information content (AvgIpc) is 2.99. The monoisotopic (exact) mass is 311 g/mol. The minimum Gasteiger partial charge on any atom is -0.497 e. The van der Waals surface area contributed by atoms with E-state index in [1.807, 2.05) is 18.2 Å². The van der Waals surface area contributed by atoms with Gasteiger partial charge in [-0.3, -0.25) is 0 Å².